The molecule has 16 heavy (non-hydrogen) atoms. The lowest BCUT2D eigenvalue weighted by molar-refractivity contribution is 1.33. The number of benzene rings is 2. The second-order valence-electron chi connectivity index (χ2n) is 3.61. The summed E-state index contributed by atoms with van der Waals surface area (Å²) >= 11 is 3.36. The van der Waals surface area contributed by atoms with Gasteiger partial charge >= 0.3 is 0 Å². The molecule has 0 atom stereocenters. The summed E-state index contributed by atoms with van der Waals surface area (Å²) < 4.78 is 0.982. The fraction of sp³-hybridized carbons (Fsp3) is 0.143. The molecule has 0 aliphatic heterocycles. The summed E-state index contributed by atoms with van der Waals surface area (Å²) in [5.74, 6) is 0. The van der Waals surface area contributed by atoms with Gasteiger partial charge in [-0.2, -0.15) is 0 Å². The number of hydrogen-bond acceptors (Lipinski definition) is 1. The van der Waals surface area contributed by atoms with Crippen LogP contribution >= 0.6 is 15.9 Å². The SMILES string of the molecule is Cc1cc(N)c(Br)cc1C.c1ccccc1. The molecule has 2 rings (SSSR count). The summed E-state index contributed by atoms with van der Waals surface area (Å²) in [4.78, 5) is 0. The van der Waals surface area contributed by atoms with Crippen molar-refractivity contribution in [1.29, 1.82) is 0 Å². The maximum absolute atomic E-state index is 5.64. The monoisotopic (exact) mass is 277 g/mol. The van der Waals surface area contributed by atoms with E-state index in [9.17, 15) is 0 Å². The average Bonchev–Trinajstić information content (AvgIpc) is 2.30. The van der Waals surface area contributed by atoms with E-state index in [1.54, 1.807) is 0 Å². The number of nitrogens with two attached hydrogens (primary N) is 1. The molecule has 0 fully saturated rings. The van der Waals surface area contributed by atoms with Crippen LogP contribution in [0.4, 0.5) is 5.69 Å². The van der Waals surface area contributed by atoms with Gasteiger partial charge in [0.15, 0.2) is 0 Å². The van der Waals surface area contributed by atoms with Crippen molar-refractivity contribution in [3.05, 3.63) is 64.1 Å². The highest BCUT2D eigenvalue weighted by atomic mass is 79.9. The van der Waals surface area contributed by atoms with Gasteiger partial charge in [0.05, 0.1) is 0 Å². The molecule has 84 valence electrons. The molecular formula is C14H16BrN. The smallest absolute Gasteiger partial charge is 0.0461 e. The molecule has 0 aliphatic rings. The molecule has 0 aliphatic carbocycles. The van der Waals surface area contributed by atoms with Gasteiger partial charge < -0.3 is 5.73 Å². The molecule has 0 saturated carbocycles. The van der Waals surface area contributed by atoms with Crippen molar-refractivity contribution >= 4 is 21.6 Å². The van der Waals surface area contributed by atoms with E-state index in [4.69, 9.17) is 5.73 Å². The van der Waals surface area contributed by atoms with Crippen LogP contribution < -0.4 is 5.73 Å². The summed E-state index contributed by atoms with van der Waals surface area (Å²) in [5.41, 5.74) is 8.95. The maximum Gasteiger partial charge on any atom is 0.0461 e. The number of aryl methyl sites for hydroxylation is 2. The molecule has 2 heteroatoms. The second-order valence-corrected chi connectivity index (χ2v) is 4.47. The zero-order chi connectivity index (χ0) is 12.0. The van der Waals surface area contributed by atoms with Gasteiger partial charge in [0.1, 0.15) is 0 Å². The molecule has 2 aromatic rings. The predicted molar refractivity (Wildman–Crippen MR) is 74.5 cm³/mol. The Morgan fingerprint density at radius 1 is 0.812 bits per heavy atom. The summed E-state index contributed by atoms with van der Waals surface area (Å²) in [6.07, 6.45) is 0. The molecule has 0 spiro atoms. The van der Waals surface area contributed by atoms with Crippen molar-refractivity contribution in [2.45, 2.75) is 13.8 Å². The minimum atomic E-state index is 0.808. The number of nitrogen functional groups attached to an aromatic ring is 1. The van der Waals surface area contributed by atoms with Crippen molar-refractivity contribution in [3.8, 4) is 0 Å². The maximum atomic E-state index is 5.64. The van der Waals surface area contributed by atoms with Gasteiger partial charge in [-0.3, -0.25) is 0 Å². The summed E-state index contributed by atoms with van der Waals surface area (Å²) in [6.45, 7) is 4.12. The van der Waals surface area contributed by atoms with Crippen molar-refractivity contribution in [2.24, 2.45) is 0 Å². The van der Waals surface area contributed by atoms with Crippen LogP contribution in [0.3, 0.4) is 0 Å². The quantitative estimate of drug-likeness (QED) is 0.713. The van der Waals surface area contributed by atoms with Crippen LogP contribution in [0.5, 0.6) is 0 Å². The zero-order valence-corrected chi connectivity index (χ0v) is 11.2. The van der Waals surface area contributed by atoms with Crippen LogP contribution in [-0.2, 0) is 0 Å². The van der Waals surface area contributed by atoms with E-state index in [1.807, 2.05) is 48.5 Å². The second kappa shape index (κ2) is 6.33. The van der Waals surface area contributed by atoms with E-state index in [0.29, 0.717) is 0 Å². The lowest BCUT2D eigenvalue weighted by Gasteiger charge is -2.02. The summed E-state index contributed by atoms with van der Waals surface area (Å²) in [7, 11) is 0. The van der Waals surface area contributed by atoms with E-state index >= 15 is 0 Å². The standard InChI is InChI=1S/C8H10BrN.C6H6/c1-5-3-7(9)8(10)4-6(5)2;1-2-4-6-5-3-1/h3-4H,10H2,1-2H3;1-6H. The van der Waals surface area contributed by atoms with Gasteiger partial charge in [-0.1, -0.05) is 36.4 Å². The summed E-state index contributed by atoms with van der Waals surface area (Å²) in [5, 5.41) is 0. The predicted octanol–water partition coefficient (Wildman–Crippen LogP) is 4.33. The first-order chi connectivity index (χ1) is 7.61. The summed E-state index contributed by atoms with van der Waals surface area (Å²) in [6, 6.07) is 16.0. The first-order valence-corrected chi connectivity index (χ1v) is 5.93. The molecule has 0 radical (unpaired) electrons. The Balaban J connectivity index is 0.000000181. The molecular weight excluding hydrogens is 262 g/mol. The van der Waals surface area contributed by atoms with E-state index < -0.39 is 0 Å². The first-order valence-electron chi connectivity index (χ1n) is 5.13. The van der Waals surface area contributed by atoms with E-state index in [1.165, 1.54) is 11.1 Å². The largest absolute Gasteiger partial charge is 0.398 e. The third-order valence-electron chi connectivity index (χ3n) is 2.28. The van der Waals surface area contributed by atoms with Crippen LogP contribution in [0.15, 0.2) is 53.0 Å². The van der Waals surface area contributed by atoms with Crippen LogP contribution in [0.2, 0.25) is 0 Å². The highest BCUT2D eigenvalue weighted by molar-refractivity contribution is 9.10. The normalized spacial score (nSPS) is 9.19. The number of hydrogen-bond donors (Lipinski definition) is 1. The lowest BCUT2D eigenvalue weighted by Crippen LogP contribution is -1.89. The zero-order valence-electron chi connectivity index (χ0n) is 9.57. The fourth-order valence-electron chi connectivity index (χ4n) is 1.19. The van der Waals surface area contributed by atoms with Crippen LogP contribution in [-0.4, -0.2) is 0 Å². The molecule has 2 N–H and O–H groups in total. The number of anilines is 1. The van der Waals surface area contributed by atoms with Crippen LogP contribution in [0, 0.1) is 13.8 Å². The average molecular weight is 278 g/mol. The minimum absolute atomic E-state index is 0.808. The third kappa shape index (κ3) is 4.07. The Hall–Kier alpha value is -1.28. The lowest BCUT2D eigenvalue weighted by atomic mass is 10.1. The fourth-order valence-corrected chi connectivity index (χ4v) is 1.65. The van der Waals surface area contributed by atoms with E-state index in [-0.39, 0.29) is 0 Å². The van der Waals surface area contributed by atoms with E-state index in [0.717, 1.165) is 10.2 Å². The highest BCUT2D eigenvalue weighted by Crippen LogP contribution is 2.22. The Bertz CT molecular complexity index is 361. The van der Waals surface area contributed by atoms with Crippen molar-refractivity contribution in [3.63, 3.8) is 0 Å². The molecule has 0 saturated heterocycles. The number of rotatable bonds is 0. The van der Waals surface area contributed by atoms with Gasteiger partial charge in [-0.25, -0.2) is 0 Å². The number of halogens is 1. The first kappa shape index (κ1) is 12.8. The Labute approximate surface area is 105 Å². The molecule has 0 aromatic heterocycles. The molecule has 0 heterocycles. The molecule has 0 bridgehead atoms. The van der Waals surface area contributed by atoms with Crippen LogP contribution in [0.1, 0.15) is 11.1 Å². The topological polar surface area (TPSA) is 26.0 Å². The highest BCUT2D eigenvalue weighted by Gasteiger charge is 1.97. The molecule has 0 unspecified atom stereocenters. The molecule has 1 nitrogen and oxygen atoms in total. The van der Waals surface area contributed by atoms with Gasteiger partial charge in [-0.05, 0) is 53.0 Å². The van der Waals surface area contributed by atoms with Gasteiger partial charge in [-0.15, -0.1) is 0 Å². The van der Waals surface area contributed by atoms with Crippen molar-refractivity contribution < 1.29 is 0 Å². The van der Waals surface area contributed by atoms with Crippen molar-refractivity contribution in [1.82, 2.24) is 0 Å². The van der Waals surface area contributed by atoms with Crippen molar-refractivity contribution in [2.75, 3.05) is 5.73 Å². The molecule has 0 amide bonds. The van der Waals surface area contributed by atoms with Gasteiger partial charge in [0.2, 0.25) is 0 Å². The molecule has 2 aromatic carbocycles. The van der Waals surface area contributed by atoms with Gasteiger partial charge in [0.25, 0.3) is 0 Å². The van der Waals surface area contributed by atoms with Crippen LogP contribution in [0.25, 0.3) is 0 Å². The van der Waals surface area contributed by atoms with Gasteiger partial charge in [0, 0.05) is 10.2 Å². The van der Waals surface area contributed by atoms with E-state index in [2.05, 4.69) is 29.8 Å². The third-order valence-corrected chi connectivity index (χ3v) is 2.97. The Morgan fingerprint density at radius 2 is 1.19 bits per heavy atom. The Morgan fingerprint density at radius 3 is 1.56 bits per heavy atom. The Kier molecular flexibility index (Phi) is 5.06. The minimum Gasteiger partial charge on any atom is -0.398 e.